The lowest BCUT2D eigenvalue weighted by atomic mass is 9.86. The zero-order chi connectivity index (χ0) is 20.0. The minimum absolute atomic E-state index is 0.00879. The van der Waals surface area contributed by atoms with Gasteiger partial charge in [-0.15, -0.1) is 5.10 Å². The van der Waals surface area contributed by atoms with Gasteiger partial charge in [0.15, 0.2) is 11.5 Å². The van der Waals surface area contributed by atoms with Gasteiger partial charge in [-0.25, -0.2) is 9.50 Å². The van der Waals surface area contributed by atoms with Crippen LogP contribution in [0, 0.1) is 0 Å². The van der Waals surface area contributed by atoms with E-state index in [0.717, 1.165) is 48.7 Å². The molecule has 1 fully saturated rings. The average Bonchev–Trinajstić information content (AvgIpc) is 3.21. The molecule has 29 heavy (non-hydrogen) atoms. The number of amides is 1. The highest BCUT2D eigenvalue weighted by atomic mass is 16.2. The van der Waals surface area contributed by atoms with Gasteiger partial charge >= 0.3 is 0 Å². The predicted molar refractivity (Wildman–Crippen MR) is 112 cm³/mol. The largest absolute Gasteiger partial charge is 0.363 e. The second kappa shape index (κ2) is 6.70. The second-order valence-electron chi connectivity index (χ2n) is 8.13. The fourth-order valence-electron chi connectivity index (χ4n) is 3.94. The molecule has 1 amide bonds. The number of hydrogen-bond acceptors (Lipinski definition) is 7. The van der Waals surface area contributed by atoms with Crippen molar-refractivity contribution in [1.82, 2.24) is 24.9 Å². The molecule has 0 spiro atoms. The first kappa shape index (κ1) is 17.9. The van der Waals surface area contributed by atoms with Crippen molar-refractivity contribution in [3.05, 3.63) is 36.2 Å². The molecule has 0 unspecified atom stereocenters. The van der Waals surface area contributed by atoms with Crippen LogP contribution in [0.3, 0.4) is 0 Å². The highest BCUT2D eigenvalue weighted by molar-refractivity contribution is 6.06. The number of aromatic nitrogens is 4. The van der Waals surface area contributed by atoms with E-state index in [2.05, 4.69) is 36.3 Å². The monoisotopic (exact) mass is 392 g/mol. The van der Waals surface area contributed by atoms with Crippen LogP contribution >= 0.6 is 0 Å². The summed E-state index contributed by atoms with van der Waals surface area (Å²) in [6.45, 7) is 5.83. The van der Waals surface area contributed by atoms with Gasteiger partial charge in [-0.1, -0.05) is 6.07 Å². The summed E-state index contributed by atoms with van der Waals surface area (Å²) in [5.74, 6) is 1.21. The minimum Gasteiger partial charge on any atom is -0.363 e. The first-order chi connectivity index (χ1) is 14.0. The van der Waals surface area contributed by atoms with Crippen LogP contribution in [-0.4, -0.2) is 44.6 Å². The molecule has 4 N–H and O–H groups in total. The van der Waals surface area contributed by atoms with Crippen LogP contribution in [-0.2, 0) is 10.2 Å². The van der Waals surface area contributed by atoms with Gasteiger partial charge in [-0.2, -0.15) is 4.98 Å². The zero-order valence-corrected chi connectivity index (χ0v) is 16.5. The number of anilines is 4. The fourth-order valence-corrected chi connectivity index (χ4v) is 3.94. The first-order valence-electron chi connectivity index (χ1n) is 9.92. The molecule has 4 heterocycles. The Hall–Kier alpha value is -3.20. The molecule has 2 aliphatic rings. The minimum atomic E-state index is -0.518. The number of hydrogen-bond donors (Lipinski definition) is 4. The van der Waals surface area contributed by atoms with Gasteiger partial charge in [0.1, 0.15) is 0 Å². The lowest BCUT2D eigenvalue weighted by Gasteiger charge is -2.24. The van der Waals surface area contributed by atoms with Gasteiger partial charge in [-0.05, 0) is 50.9 Å². The number of fused-ring (bicyclic) bond motifs is 2. The first-order valence-corrected chi connectivity index (χ1v) is 9.92. The van der Waals surface area contributed by atoms with Crippen LogP contribution in [0.2, 0.25) is 0 Å². The molecular weight excluding hydrogens is 368 g/mol. The Bertz CT molecular complexity index is 1080. The molecule has 150 valence electrons. The van der Waals surface area contributed by atoms with E-state index >= 15 is 0 Å². The Morgan fingerprint density at radius 2 is 2.21 bits per heavy atom. The summed E-state index contributed by atoms with van der Waals surface area (Å²) in [4.78, 5) is 21.2. The molecule has 0 aliphatic carbocycles. The number of carbonyl (C=O) groups is 1. The Kier molecular flexibility index (Phi) is 4.13. The third-order valence-electron chi connectivity index (χ3n) is 5.66. The molecule has 9 nitrogen and oxygen atoms in total. The maximum Gasteiger partial charge on any atom is 0.247 e. The standard InChI is InChI=1S/C20H24N8O/c1-20(2)14-6-5-12(10-15(14)25-18(20)29)24-19-26-17-16(22-8-9-28(17)27-19)23-13-4-3-7-21-11-13/h5-6,8-10,13,21H,3-4,7,11H2,1-2H3,(H,22,23)(H,24,27)(H,25,29)/t13-/m0/s1. The van der Waals surface area contributed by atoms with Crippen molar-refractivity contribution < 1.29 is 4.79 Å². The summed E-state index contributed by atoms with van der Waals surface area (Å²) in [6.07, 6.45) is 5.75. The molecule has 0 saturated carbocycles. The third kappa shape index (κ3) is 3.17. The number of benzene rings is 1. The number of carbonyl (C=O) groups excluding carboxylic acids is 1. The van der Waals surface area contributed by atoms with Crippen molar-refractivity contribution in [2.75, 3.05) is 29.0 Å². The molecule has 1 atom stereocenters. The molecular formula is C20H24N8O. The van der Waals surface area contributed by atoms with E-state index in [1.165, 1.54) is 0 Å². The molecule has 5 rings (SSSR count). The van der Waals surface area contributed by atoms with E-state index in [-0.39, 0.29) is 5.91 Å². The van der Waals surface area contributed by atoms with Gasteiger partial charge in [-0.3, -0.25) is 4.79 Å². The van der Waals surface area contributed by atoms with Gasteiger partial charge < -0.3 is 21.3 Å². The summed E-state index contributed by atoms with van der Waals surface area (Å²) in [5, 5.41) is 17.6. The van der Waals surface area contributed by atoms with Crippen molar-refractivity contribution in [1.29, 1.82) is 0 Å². The highest BCUT2D eigenvalue weighted by Crippen LogP contribution is 2.38. The average molecular weight is 392 g/mol. The molecule has 9 heteroatoms. The summed E-state index contributed by atoms with van der Waals surface area (Å²) in [6, 6.07) is 6.16. The number of piperidine rings is 1. The SMILES string of the molecule is CC1(C)C(=O)Nc2cc(Nc3nc4c(N[C@H]5CCCNC5)nccn4n3)ccc21. The van der Waals surface area contributed by atoms with Crippen LogP contribution in [0.15, 0.2) is 30.6 Å². The second-order valence-corrected chi connectivity index (χ2v) is 8.13. The molecule has 3 aromatic rings. The van der Waals surface area contributed by atoms with E-state index < -0.39 is 5.41 Å². The Morgan fingerprint density at radius 3 is 3.03 bits per heavy atom. The van der Waals surface area contributed by atoms with E-state index in [1.807, 2.05) is 32.0 Å². The smallest absolute Gasteiger partial charge is 0.247 e. The summed E-state index contributed by atoms with van der Waals surface area (Å²) < 4.78 is 1.71. The Balaban J connectivity index is 1.40. The summed E-state index contributed by atoms with van der Waals surface area (Å²) in [5.41, 5.74) is 2.79. The van der Waals surface area contributed by atoms with E-state index in [4.69, 9.17) is 0 Å². The van der Waals surface area contributed by atoms with E-state index in [1.54, 1.807) is 16.9 Å². The van der Waals surface area contributed by atoms with Crippen molar-refractivity contribution in [3.63, 3.8) is 0 Å². The van der Waals surface area contributed by atoms with Crippen molar-refractivity contribution in [2.24, 2.45) is 0 Å². The third-order valence-corrected chi connectivity index (χ3v) is 5.66. The maximum atomic E-state index is 12.2. The van der Waals surface area contributed by atoms with Crippen LogP contribution < -0.4 is 21.3 Å². The molecule has 2 aliphatic heterocycles. The summed E-state index contributed by atoms with van der Waals surface area (Å²) in [7, 11) is 0. The number of nitrogens with zero attached hydrogens (tertiary/aromatic N) is 4. The Morgan fingerprint density at radius 1 is 1.31 bits per heavy atom. The lowest BCUT2D eigenvalue weighted by molar-refractivity contribution is -0.119. The van der Waals surface area contributed by atoms with Crippen LogP contribution in [0.1, 0.15) is 32.3 Å². The quantitative estimate of drug-likeness (QED) is 0.539. The topological polar surface area (TPSA) is 108 Å². The molecule has 0 radical (unpaired) electrons. The number of nitrogens with one attached hydrogen (secondary N) is 4. The molecule has 0 bridgehead atoms. The molecule has 1 saturated heterocycles. The fraction of sp³-hybridized carbons (Fsp3) is 0.400. The molecule has 2 aromatic heterocycles. The van der Waals surface area contributed by atoms with Crippen LogP contribution in [0.25, 0.3) is 5.65 Å². The van der Waals surface area contributed by atoms with Gasteiger partial charge in [0.2, 0.25) is 11.9 Å². The van der Waals surface area contributed by atoms with Gasteiger partial charge in [0.05, 0.1) is 5.41 Å². The normalized spacial score (nSPS) is 20.3. The highest BCUT2D eigenvalue weighted by Gasteiger charge is 2.38. The summed E-state index contributed by atoms with van der Waals surface area (Å²) >= 11 is 0. The van der Waals surface area contributed by atoms with Crippen LogP contribution in [0.4, 0.5) is 23.1 Å². The van der Waals surface area contributed by atoms with E-state index in [9.17, 15) is 4.79 Å². The van der Waals surface area contributed by atoms with Crippen LogP contribution in [0.5, 0.6) is 0 Å². The maximum absolute atomic E-state index is 12.2. The Labute approximate surface area is 168 Å². The van der Waals surface area contributed by atoms with Gasteiger partial charge in [0, 0.05) is 36.4 Å². The molecule has 1 aromatic carbocycles. The van der Waals surface area contributed by atoms with E-state index in [0.29, 0.717) is 17.6 Å². The van der Waals surface area contributed by atoms with Crippen molar-refractivity contribution in [3.8, 4) is 0 Å². The van der Waals surface area contributed by atoms with Crippen molar-refractivity contribution in [2.45, 2.75) is 38.1 Å². The number of rotatable bonds is 4. The predicted octanol–water partition coefficient (Wildman–Crippen LogP) is 2.26. The lowest BCUT2D eigenvalue weighted by Crippen LogP contribution is -2.38. The van der Waals surface area contributed by atoms with Gasteiger partial charge in [0.25, 0.3) is 0 Å². The zero-order valence-electron chi connectivity index (χ0n) is 16.5. The van der Waals surface area contributed by atoms with Crippen molar-refractivity contribution >= 4 is 34.7 Å².